The Labute approximate surface area is 108 Å². The maximum Gasteiger partial charge on any atom is 0.123 e. The summed E-state index contributed by atoms with van der Waals surface area (Å²) in [6, 6.07) is 7.09. The van der Waals surface area contributed by atoms with Crippen molar-refractivity contribution in [3.8, 4) is 0 Å². The van der Waals surface area contributed by atoms with E-state index < -0.39 is 0 Å². The summed E-state index contributed by atoms with van der Waals surface area (Å²) in [6.45, 7) is 2.86. The lowest BCUT2D eigenvalue weighted by Gasteiger charge is -2.27. The van der Waals surface area contributed by atoms with Gasteiger partial charge in [0.25, 0.3) is 0 Å². The molecule has 0 spiro atoms. The van der Waals surface area contributed by atoms with Gasteiger partial charge in [-0.2, -0.15) is 0 Å². The van der Waals surface area contributed by atoms with E-state index in [1.165, 1.54) is 25.3 Å². The van der Waals surface area contributed by atoms with Crippen molar-refractivity contribution in [3.05, 3.63) is 35.6 Å². The lowest BCUT2D eigenvalue weighted by atomic mass is 10.0. The van der Waals surface area contributed by atoms with E-state index in [-0.39, 0.29) is 11.9 Å². The fourth-order valence-corrected chi connectivity index (χ4v) is 3.74. The second kappa shape index (κ2) is 4.98. The molecule has 0 amide bonds. The molecule has 0 bridgehead atoms. The van der Waals surface area contributed by atoms with Gasteiger partial charge in [0.05, 0.1) is 0 Å². The van der Waals surface area contributed by atoms with E-state index in [9.17, 15) is 4.39 Å². The number of nitrogens with two attached hydrogens (primary N) is 1. The number of halogens is 1. The highest BCUT2D eigenvalue weighted by atomic mass is 19.1. The summed E-state index contributed by atoms with van der Waals surface area (Å²) < 4.78 is 13.3. The normalized spacial score (nSPS) is 29.4. The van der Waals surface area contributed by atoms with Crippen LogP contribution in [0, 0.1) is 17.7 Å². The van der Waals surface area contributed by atoms with Crippen LogP contribution in [0.25, 0.3) is 0 Å². The van der Waals surface area contributed by atoms with Crippen LogP contribution in [0.15, 0.2) is 24.3 Å². The summed E-state index contributed by atoms with van der Waals surface area (Å²) in [4.78, 5) is 2.46. The fourth-order valence-electron chi connectivity index (χ4n) is 3.74. The standard InChI is InChI=1S/C15H21FN2/c16-14-6-2-3-11(7-14)15(8-17)18-9-12-4-1-5-13(12)10-18/h2-3,6-7,12-13,15H,1,4-5,8-10,17H2. The van der Waals surface area contributed by atoms with Crippen molar-refractivity contribution in [1.82, 2.24) is 4.90 Å². The van der Waals surface area contributed by atoms with Crippen LogP contribution < -0.4 is 5.73 Å². The van der Waals surface area contributed by atoms with Gasteiger partial charge in [0.15, 0.2) is 0 Å². The molecule has 3 heteroatoms. The van der Waals surface area contributed by atoms with E-state index in [2.05, 4.69) is 4.90 Å². The molecule has 1 aliphatic heterocycles. The molecule has 1 aliphatic carbocycles. The average molecular weight is 248 g/mol. The topological polar surface area (TPSA) is 29.3 Å². The molecule has 3 rings (SSSR count). The van der Waals surface area contributed by atoms with Gasteiger partial charge in [0.2, 0.25) is 0 Å². The number of fused-ring (bicyclic) bond motifs is 1. The van der Waals surface area contributed by atoms with Crippen molar-refractivity contribution in [2.75, 3.05) is 19.6 Å². The molecule has 1 saturated heterocycles. The molecule has 1 heterocycles. The lowest BCUT2D eigenvalue weighted by molar-refractivity contribution is 0.231. The van der Waals surface area contributed by atoms with Gasteiger partial charge >= 0.3 is 0 Å². The maximum atomic E-state index is 13.3. The summed E-state index contributed by atoms with van der Waals surface area (Å²) in [5.41, 5.74) is 6.95. The SMILES string of the molecule is NCC(c1cccc(F)c1)N1CC2CCCC2C1. The predicted octanol–water partition coefficient (Wildman–Crippen LogP) is 2.56. The molecule has 18 heavy (non-hydrogen) atoms. The highest BCUT2D eigenvalue weighted by Gasteiger charge is 2.38. The predicted molar refractivity (Wildman–Crippen MR) is 70.6 cm³/mol. The van der Waals surface area contributed by atoms with Crippen LogP contribution in [0.3, 0.4) is 0 Å². The van der Waals surface area contributed by atoms with Crippen molar-refractivity contribution in [1.29, 1.82) is 0 Å². The minimum atomic E-state index is -0.162. The van der Waals surface area contributed by atoms with Gasteiger partial charge in [-0.1, -0.05) is 18.6 Å². The molecule has 2 nitrogen and oxygen atoms in total. The molecule has 1 aromatic rings. The lowest BCUT2D eigenvalue weighted by Crippen LogP contribution is -2.32. The van der Waals surface area contributed by atoms with Gasteiger partial charge in [0, 0.05) is 25.7 Å². The number of rotatable bonds is 3. The van der Waals surface area contributed by atoms with Crippen LogP contribution in [0.4, 0.5) is 4.39 Å². The van der Waals surface area contributed by atoms with Gasteiger partial charge in [-0.15, -0.1) is 0 Å². The molecular weight excluding hydrogens is 227 g/mol. The maximum absolute atomic E-state index is 13.3. The molecule has 0 aromatic heterocycles. The molecule has 2 N–H and O–H groups in total. The van der Waals surface area contributed by atoms with Crippen molar-refractivity contribution in [2.24, 2.45) is 17.6 Å². The summed E-state index contributed by atoms with van der Waals surface area (Å²) in [5, 5.41) is 0. The first kappa shape index (κ1) is 12.1. The monoisotopic (exact) mass is 248 g/mol. The molecule has 0 radical (unpaired) electrons. The van der Waals surface area contributed by atoms with E-state index in [1.54, 1.807) is 12.1 Å². The number of nitrogens with zero attached hydrogens (tertiary/aromatic N) is 1. The van der Waals surface area contributed by atoms with Crippen molar-refractivity contribution in [2.45, 2.75) is 25.3 Å². The Morgan fingerprint density at radius 1 is 1.28 bits per heavy atom. The second-order valence-corrected chi connectivity index (χ2v) is 5.71. The van der Waals surface area contributed by atoms with E-state index in [1.807, 2.05) is 6.07 Å². The van der Waals surface area contributed by atoms with Gasteiger partial charge in [0.1, 0.15) is 5.82 Å². The minimum Gasteiger partial charge on any atom is -0.329 e. The van der Waals surface area contributed by atoms with Crippen LogP contribution in [0.2, 0.25) is 0 Å². The molecule has 1 aromatic carbocycles. The Morgan fingerprint density at radius 2 is 2.00 bits per heavy atom. The second-order valence-electron chi connectivity index (χ2n) is 5.71. The zero-order chi connectivity index (χ0) is 12.5. The molecule has 1 saturated carbocycles. The fraction of sp³-hybridized carbons (Fsp3) is 0.600. The highest BCUT2D eigenvalue weighted by Crippen LogP contribution is 2.40. The van der Waals surface area contributed by atoms with Gasteiger partial charge in [-0.05, 0) is 42.4 Å². The van der Waals surface area contributed by atoms with Crippen molar-refractivity contribution >= 4 is 0 Å². The Bertz CT molecular complexity index is 409. The van der Waals surface area contributed by atoms with E-state index in [4.69, 9.17) is 5.73 Å². The van der Waals surface area contributed by atoms with E-state index in [0.29, 0.717) is 6.54 Å². The van der Waals surface area contributed by atoms with Crippen molar-refractivity contribution in [3.63, 3.8) is 0 Å². The Hall–Kier alpha value is -0.930. The third-order valence-corrected chi connectivity index (χ3v) is 4.65. The average Bonchev–Trinajstić information content (AvgIpc) is 2.91. The molecule has 98 valence electrons. The third kappa shape index (κ3) is 2.17. The largest absolute Gasteiger partial charge is 0.329 e. The van der Waals surface area contributed by atoms with Crippen LogP contribution in [0.5, 0.6) is 0 Å². The number of likely N-dealkylation sites (tertiary alicyclic amines) is 1. The Kier molecular flexibility index (Phi) is 3.35. The zero-order valence-electron chi connectivity index (χ0n) is 10.7. The Morgan fingerprint density at radius 3 is 2.61 bits per heavy atom. The smallest absolute Gasteiger partial charge is 0.123 e. The molecular formula is C15H21FN2. The van der Waals surface area contributed by atoms with E-state index in [0.717, 1.165) is 30.5 Å². The summed E-state index contributed by atoms with van der Waals surface area (Å²) in [7, 11) is 0. The zero-order valence-corrected chi connectivity index (χ0v) is 10.7. The van der Waals surface area contributed by atoms with Gasteiger partial charge < -0.3 is 5.73 Å². The summed E-state index contributed by atoms with van der Waals surface area (Å²) >= 11 is 0. The van der Waals surface area contributed by atoms with Crippen LogP contribution in [-0.4, -0.2) is 24.5 Å². The summed E-state index contributed by atoms with van der Waals surface area (Å²) in [6.07, 6.45) is 4.11. The van der Waals surface area contributed by atoms with Gasteiger partial charge in [-0.3, -0.25) is 4.90 Å². The first-order valence-corrected chi connectivity index (χ1v) is 6.97. The number of benzene rings is 1. The van der Waals surface area contributed by atoms with Crippen molar-refractivity contribution < 1.29 is 4.39 Å². The van der Waals surface area contributed by atoms with Crippen LogP contribution in [-0.2, 0) is 0 Å². The Balaban J connectivity index is 1.77. The van der Waals surface area contributed by atoms with Crippen LogP contribution in [0.1, 0.15) is 30.9 Å². The molecule has 2 aliphatic rings. The number of hydrogen-bond acceptors (Lipinski definition) is 2. The highest BCUT2D eigenvalue weighted by molar-refractivity contribution is 5.21. The minimum absolute atomic E-state index is 0.162. The quantitative estimate of drug-likeness (QED) is 0.890. The first-order valence-electron chi connectivity index (χ1n) is 6.97. The van der Waals surface area contributed by atoms with Gasteiger partial charge in [-0.25, -0.2) is 4.39 Å². The summed E-state index contributed by atoms with van der Waals surface area (Å²) in [5.74, 6) is 1.55. The third-order valence-electron chi connectivity index (χ3n) is 4.65. The van der Waals surface area contributed by atoms with E-state index >= 15 is 0 Å². The molecule has 3 unspecified atom stereocenters. The molecule has 3 atom stereocenters. The molecule has 2 fully saturated rings. The number of hydrogen-bond donors (Lipinski definition) is 1. The first-order chi connectivity index (χ1) is 8.78. The van der Waals surface area contributed by atoms with Crippen LogP contribution >= 0.6 is 0 Å².